The summed E-state index contributed by atoms with van der Waals surface area (Å²) in [4.78, 5) is 22.3. The number of nitrogens with one attached hydrogen (secondary N) is 1. The van der Waals surface area contributed by atoms with E-state index in [0.717, 1.165) is 43.0 Å². The number of carbonyl (C=O) groups excluding carboxylic acids is 1. The van der Waals surface area contributed by atoms with Gasteiger partial charge in [-0.1, -0.05) is 36.4 Å². The summed E-state index contributed by atoms with van der Waals surface area (Å²) in [5, 5.41) is 3.41. The maximum Gasteiger partial charge on any atom is 0.218 e. The van der Waals surface area contributed by atoms with Crippen molar-refractivity contribution in [3.63, 3.8) is 0 Å². The number of guanidine groups is 1. The Morgan fingerprint density at radius 1 is 1.31 bits per heavy atom. The molecular weight excluding hydrogens is 366 g/mol. The fourth-order valence-electron chi connectivity index (χ4n) is 3.63. The molecule has 0 bridgehead atoms. The van der Waals surface area contributed by atoms with Gasteiger partial charge in [-0.05, 0) is 30.4 Å². The molecule has 1 aliphatic heterocycles. The van der Waals surface area contributed by atoms with E-state index in [-0.39, 0.29) is 11.8 Å². The van der Waals surface area contributed by atoms with E-state index < -0.39 is 0 Å². The van der Waals surface area contributed by atoms with Gasteiger partial charge in [-0.15, -0.1) is 0 Å². The Bertz CT molecular complexity index is 825. The number of amides is 1. The van der Waals surface area contributed by atoms with Crippen molar-refractivity contribution in [1.29, 1.82) is 0 Å². The standard InChI is InChI=1S/C22H29N5O2/c1-24-22(27-12-6-9-18(15-27)13-20(23)28)26-14-19-10-5-11-25-21(19)29-16-17-7-3-2-4-8-17/h2-5,7-8,10-11,18H,6,9,12-16H2,1H3,(H2,23,28)(H,24,26). The molecule has 7 heteroatoms. The van der Waals surface area contributed by atoms with Crippen LogP contribution in [0.2, 0.25) is 0 Å². The predicted molar refractivity (Wildman–Crippen MR) is 113 cm³/mol. The van der Waals surface area contributed by atoms with Gasteiger partial charge in [0.05, 0.1) is 0 Å². The molecule has 1 atom stereocenters. The summed E-state index contributed by atoms with van der Waals surface area (Å²) in [5.41, 5.74) is 7.44. The van der Waals surface area contributed by atoms with Gasteiger partial charge >= 0.3 is 0 Å². The number of nitrogens with zero attached hydrogens (tertiary/aromatic N) is 3. The number of benzene rings is 1. The summed E-state index contributed by atoms with van der Waals surface area (Å²) < 4.78 is 5.94. The highest BCUT2D eigenvalue weighted by atomic mass is 16.5. The second-order valence-corrected chi connectivity index (χ2v) is 7.27. The van der Waals surface area contributed by atoms with E-state index in [2.05, 4.69) is 20.2 Å². The lowest BCUT2D eigenvalue weighted by molar-refractivity contribution is -0.119. The van der Waals surface area contributed by atoms with Crippen LogP contribution in [0.4, 0.5) is 0 Å². The zero-order chi connectivity index (χ0) is 20.5. The molecular formula is C22H29N5O2. The van der Waals surface area contributed by atoms with Crippen molar-refractivity contribution in [2.45, 2.75) is 32.4 Å². The number of carbonyl (C=O) groups is 1. The van der Waals surface area contributed by atoms with Crippen molar-refractivity contribution < 1.29 is 9.53 Å². The van der Waals surface area contributed by atoms with Gasteiger partial charge in [0.25, 0.3) is 0 Å². The first-order valence-electron chi connectivity index (χ1n) is 10.00. The number of piperidine rings is 1. The van der Waals surface area contributed by atoms with E-state index in [0.29, 0.717) is 25.5 Å². The molecule has 2 aromatic rings. The zero-order valence-electron chi connectivity index (χ0n) is 16.9. The average molecular weight is 396 g/mol. The van der Waals surface area contributed by atoms with Gasteiger partial charge in [0.2, 0.25) is 11.8 Å². The van der Waals surface area contributed by atoms with Crippen molar-refractivity contribution in [3.05, 3.63) is 59.8 Å². The molecule has 1 unspecified atom stereocenters. The van der Waals surface area contributed by atoms with Crippen molar-refractivity contribution in [2.24, 2.45) is 16.6 Å². The topological polar surface area (TPSA) is 92.8 Å². The first kappa shape index (κ1) is 20.6. The monoisotopic (exact) mass is 395 g/mol. The number of aromatic nitrogens is 1. The van der Waals surface area contributed by atoms with Gasteiger partial charge in [0.1, 0.15) is 6.61 Å². The Hall–Kier alpha value is -3.09. The molecule has 154 valence electrons. The number of rotatable bonds is 7. The third-order valence-corrected chi connectivity index (χ3v) is 5.03. The van der Waals surface area contributed by atoms with E-state index in [1.807, 2.05) is 42.5 Å². The first-order chi connectivity index (χ1) is 14.2. The zero-order valence-corrected chi connectivity index (χ0v) is 16.9. The molecule has 1 aromatic heterocycles. The molecule has 2 heterocycles. The van der Waals surface area contributed by atoms with Gasteiger partial charge in [0.15, 0.2) is 5.96 Å². The normalized spacial score (nSPS) is 17.1. The number of pyridine rings is 1. The second kappa shape index (κ2) is 10.5. The largest absolute Gasteiger partial charge is 0.473 e. The number of primary amides is 1. The predicted octanol–water partition coefficient (Wildman–Crippen LogP) is 2.32. The number of nitrogens with two attached hydrogens (primary N) is 1. The smallest absolute Gasteiger partial charge is 0.218 e. The van der Waals surface area contributed by atoms with Crippen molar-refractivity contribution in [3.8, 4) is 5.88 Å². The molecule has 1 aliphatic rings. The lowest BCUT2D eigenvalue weighted by Crippen LogP contribution is -2.46. The van der Waals surface area contributed by atoms with Crippen molar-refractivity contribution in [1.82, 2.24) is 15.2 Å². The molecule has 3 rings (SSSR count). The summed E-state index contributed by atoms with van der Waals surface area (Å²) in [5.74, 6) is 1.47. The van der Waals surface area contributed by atoms with Gasteiger partial charge < -0.3 is 20.7 Å². The molecule has 0 aliphatic carbocycles. The molecule has 0 spiro atoms. The van der Waals surface area contributed by atoms with Crippen LogP contribution in [-0.4, -0.2) is 41.9 Å². The third kappa shape index (κ3) is 6.20. The van der Waals surface area contributed by atoms with Crippen LogP contribution >= 0.6 is 0 Å². The fraction of sp³-hybridized carbons (Fsp3) is 0.409. The summed E-state index contributed by atoms with van der Waals surface area (Å²) in [6.45, 7) is 2.73. The van der Waals surface area contributed by atoms with E-state index in [9.17, 15) is 4.79 Å². The van der Waals surface area contributed by atoms with E-state index in [1.54, 1.807) is 13.2 Å². The Labute approximate surface area is 172 Å². The minimum Gasteiger partial charge on any atom is -0.473 e. The molecule has 0 saturated carbocycles. The molecule has 29 heavy (non-hydrogen) atoms. The highest BCUT2D eigenvalue weighted by molar-refractivity contribution is 5.80. The Morgan fingerprint density at radius 2 is 2.14 bits per heavy atom. The van der Waals surface area contributed by atoms with E-state index >= 15 is 0 Å². The number of aliphatic imine (C=N–C) groups is 1. The lowest BCUT2D eigenvalue weighted by atomic mass is 9.95. The molecule has 7 nitrogen and oxygen atoms in total. The third-order valence-electron chi connectivity index (χ3n) is 5.03. The quantitative estimate of drug-likeness (QED) is 0.554. The van der Waals surface area contributed by atoms with Crippen LogP contribution < -0.4 is 15.8 Å². The number of hydrogen-bond donors (Lipinski definition) is 2. The van der Waals surface area contributed by atoms with Gasteiger partial charge in [0, 0.05) is 44.9 Å². The minimum absolute atomic E-state index is 0.240. The SMILES string of the molecule is CN=C(NCc1cccnc1OCc1ccccc1)N1CCCC(CC(N)=O)C1. The van der Waals surface area contributed by atoms with Crippen LogP contribution in [-0.2, 0) is 17.9 Å². The summed E-state index contributed by atoms with van der Waals surface area (Å²) in [6.07, 6.45) is 4.21. The molecule has 0 radical (unpaired) electrons. The second-order valence-electron chi connectivity index (χ2n) is 7.27. The van der Waals surface area contributed by atoms with Crippen LogP contribution in [0.5, 0.6) is 5.88 Å². The molecule has 1 fully saturated rings. The van der Waals surface area contributed by atoms with Gasteiger partial charge in [-0.3, -0.25) is 9.79 Å². The van der Waals surface area contributed by atoms with Crippen LogP contribution in [0.25, 0.3) is 0 Å². The van der Waals surface area contributed by atoms with Crippen molar-refractivity contribution in [2.75, 3.05) is 20.1 Å². The summed E-state index contributed by atoms with van der Waals surface area (Å²) in [6, 6.07) is 13.9. The number of ether oxygens (including phenoxy) is 1. The minimum atomic E-state index is -0.240. The number of hydrogen-bond acceptors (Lipinski definition) is 4. The molecule has 1 saturated heterocycles. The summed E-state index contributed by atoms with van der Waals surface area (Å²) in [7, 11) is 1.77. The van der Waals surface area contributed by atoms with E-state index in [4.69, 9.17) is 10.5 Å². The Morgan fingerprint density at radius 3 is 2.90 bits per heavy atom. The molecule has 3 N–H and O–H groups in total. The lowest BCUT2D eigenvalue weighted by Gasteiger charge is -2.34. The Balaban J connectivity index is 1.59. The van der Waals surface area contributed by atoms with Crippen LogP contribution in [0, 0.1) is 5.92 Å². The number of likely N-dealkylation sites (tertiary alicyclic amines) is 1. The first-order valence-corrected chi connectivity index (χ1v) is 10.00. The molecule has 1 amide bonds. The average Bonchev–Trinajstić information content (AvgIpc) is 2.74. The maximum atomic E-state index is 11.3. The van der Waals surface area contributed by atoms with Gasteiger partial charge in [-0.25, -0.2) is 4.98 Å². The highest BCUT2D eigenvalue weighted by Crippen LogP contribution is 2.20. The van der Waals surface area contributed by atoms with Crippen LogP contribution in [0.3, 0.4) is 0 Å². The molecule has 1 aromatic carbocycles. The van der Waals surface area contributed by atoms with Crippen molar-refractivity contribution >= 4 is 11.9 Å². The maximum absolute atomic E-state index is 11.3. The fourth-order valence-corrected chi connectivity index (χ4v) is 3.63. The summed E-state index contributed by atoms with van der Waals surface area (Å²) >= 11 is 0. The Kier molecular flexibility index (Phi) is 7.44. The highest BCUT2D eigenvalue weighted by Gasteiger charge is 2.23. The van der Waals surface area contributed by atoms with Crippen LogP contribution in [0.15, 0.2) is 53.7 Å². The van der Waals surface area contributed by atoms with E-state index in [1.165, 1.54) is 0 Å². The van der Waals surface area contributed by atoms with Gasteiger partial charge in [-0.2, -0.15) is 0 Å². The van der Waals surface area contributed by atoms with Crippen LogP contribution in [0.1, 0.15) is 30.4 Å².